The number of hydrogen-bond acceptors (Lipinski definition) is 8. The first-order valence-corrected chi connectivity index (χ1v) is 13.7. The molecule has 0 saturated heterocycles. The molecule has 3 heterocycles. The molecule has 0 saturated carbocycles. The molecule has 4 aromatic rings. The van der Waals surface area contributed by atoms with E-state index in [2.05, 4.69) is 5.32 Å². The Morgan fingerprint density at radius 2 is 1.82 bits per heavy atom. The Kier molecular flexibility index (Phi) is 7.39. The van der Waals surface area contributed by atoms with Gasteiger partial charge < -0.3 is 19.7 Å². The van der Waals surface area contributed by atoms with Gasteiger partial charge in [-0.25, -0.2) is 4.98 Å². The van der Waals surface area contributed by atoms with Crippen LogP contribution in [0.25, 0.3) is 15.9 Å². The van der Waals surface area contributed by atoms with E-state index >= 15 is 0 Å². The third-order valence-corrected chi connectivity index (χ3v) is 8.32. The van der Waals surface area contributed by atoms with Crippen molar-refractivity contribution in [3.63, 3.8) is 0 Å². The zero-order valence-corrected chi connectivity index (χ0v) is 22.8. The van der Waals surface area contributed by atoms with Crippen LogP contribution in [0.2, 0.25) is 0 Å². The highest BCUT2D eigenvalue weighted by atomic mass is 32.2. The van der Waals surface area contributed by atoms with E-state index in [9.17, 15) is 14.4 Å². The molecule has 5 rings (SSSR count). The molecule has 0 unspecified atom stereocenters. The van der Waals surface area contributed by atoms with Gasteiger partial charge in [-0.15, -0.1) is 11.3 Å². The molecule has 9 nitrogen and oxygen atoms in total. The van der Waals surface area contributed by atoms with E-state index in [4.69, 9.17) is 14.5 Å². The fourth-order valence-corrected chi connectivity index (χ4v) is 6.49. The van der Waals surface area contributed by atoms with E-state index in [0.29, 0.717) is 57.8 Å². The highest BCUT2D eigenvalue weighted by molar-refractivity contribution is 7.99. The van der Waals surface area contributed by atoms with Crippen LogP contribution < -0.4 is 20.3 Å². The van der Waals surface area contributed by atoms with E-state index in [1.807, 2.05) is 30.3 Å². The number of amides is 2. The lowest BCUT2D eigenvalue weighted by Gasteiger charge is -2.25. The van der Waals surface area contributed by atoms with Crippen LogP contribution in [0.5, 0.6) is 11.5 Å². The summed E-state index contributed by atoms with van der Waals surface area (Å²) >= 11 is 2.63. The number of benzene rings is 2. The fraction of sp³-hybridized carbons (Fsp3) is 0.259. The summed E-state index contributed by atoms with van der Waals surface area (Å²) in [5, 5.41) is 3.88. The molecule has 2 amide bonds. The number of hydrogen-bond donors (Lipinski definition) is 1. The van der Waals surface area contributed by atoms with Crippen LogP contribution in [-0.2, 0) is 22.6 Å². The van der Waals surface area contributed by atoms with Crippen molar-refractivity contribution in [3.05, 3.63) is 69.3 Å². The standard InChI is InChI=1S/C27H26N4O5S2/c1-16(32)30-10-9-21-22(14-30)38-25-24(21)26(34)31(18-7-5-4-6-8-18)27(29-25)37-15-23(33)28-17-11-19(35-2)13-20(12-17)36-3/h4-8,11-13H,9-10,14-15H2,1-3H3,(H,28,33). The monoisotopic (exact) mass is 550 g/mol. The molecular formula is C27H26N4O5S2. The van der Waals surface area contributed by atoms with Crippen molar-refractivity contribution in [1.82, 2.24) is 14.5 Å². The number of nitrogens with zero attached hydrogens (tertiary/aromatic N) is 3. The van der Waals surface area contributed by atoms with Gasteiger partial charge in [-0.05, 0) is 24.1 Å². The average molecular weight is 551 g/mol. The van der Waals surface area contributed by atoms with Gasteiger partial charge in [0.05, 0.1) is 37.6 Å². The quantitative estimate of drug-likeness (QED) is 0.273. The van der Waals surface area contributed by atoms with Crippen LogP contribution in [0.1, 0.15) is 17.4 Å². The van der Waals surface area contributed by atoms with Crippen LogP contribution in [0.4, 0.5) is 5.69 Å². The van der Waals surface area contributed by atoms with Gasteiger partial charge in [0.25, 0.3) is 5.56 Å². The van der Waals surface area contributed by atoms with Crippen LogP contribution >= 0.6 is 23.1 Å². The topological polar surface area (TPSA) is 103 Å². The smallest absolute Gasteiger partial charge is 0.267 e. The molecule has 1 aliphatic rings. The van der Waals surface area contributed by atoms with Crippen LogP contribution in [0.3, 0.4) is 0 Å². The predicted molar refractivity (Wildman–Crippen MR) is 149 cm³/mol. The second kappa shape index (κ2) is 10.9. The summed E-state index contributed by atoms with van der Waals surface area (Å²) in [6.45, 7) is 2.61. The van der Waals surface area contributed by atoms with Crippen molar-refractivity contribution in [3.8, 4) is 17.2 Å². The minimum absolute atomic E-state index is 0.0127. The Morgan fingerprint density at radius 3 is 2.47 bits per heavy atom. The van der Waals surface area contributed by atoms with Crippen molar-refractivity contribution in [2.45, 2.75) is 25.0 Å². The molecule has 11 heteroatoms. The third kappa shape index (κ3) is 5.11. The second-order valence-electron chi connectivity index (χ2n) is 8.68. The first kappa shape index (κ1) is 25.8. The lowest BCUT2D eigenvalue weighted by molar-refractivity contribution is -0.129. The summed E-state index contributed by atoms with van der Waals surface area (Å²) in [7, 11) is 3.09. The molecule has 2 aromatic carbocycles. The number of thioether (sulfide) groups is 1. The Hall–Kier alpha value is -3.83. The largest absolute Gasteiger partial charge is 0.497 e. The molecule has 0 bridgehead atoms. The number of nitrogens with one attached hydrogen (secondary N) is 1. The predicted octanol–water partition coefficient (Wildman–Crippen LogP) is 4.10. The maximum Gasteiger partial charge on any atom is 0.267 e. The first-order valence-electron chi connectivity index (χ1n) is 11.9. The number of rotatable bonds is 7. The van der Waals surface area contributed by atoms with Gasteiger partial charge in [0.15, 0.2) is 5.16 Å². The number of aromatic nitrogens is 2. The van der Waals surface area contributed by atoms with Crippen LogP contribution in [0, 0.1) is 0 Å². The molecule has 0 fully saturated rings. The van der Waals surface area contributed by atoms with Crippen molar-refractivity contribution >= 4 is 50.8 Å². The lowest BCUT2D eigenvalue weighted by Crippen LogP contribution is -2.34. The number of para-hydroxylation sites is 1. The number of thiophene rings is 1. The summed E-state index contributed by atoms with van der Waals surface area (Å²) in [4.78, 5) is 46.9. The molecule has 0 radical (unpaired) electrons. The Bertz CT molecular complexity index is 1560. The van der Waals surface area contributed by atoms with Crippen molar-refractivity contribution in [2.24, 2.45) is 0 Å². The third-order valence-electron chi connectivity index (χ3n) is 6.27. The zero-order valence-electron chi connectivity index (χ0n) is 21.1. The normalized spacial score (nSPS) is 12.8. The molecule has 2 aromatic heterocycles. The van der Waals surface area contributed by atoms with Gasteiger partial charge in [-0.3, -0.25) is 19.0 Å². The van der Waals surface area contributed by atoms with Gasteiger partial charge in [0, 0.05) is 42.2 Å². The van der Waals surface area contributed by atoms with Crippen molar-refractivity contribution in [1.29, 1.82) is 0 Å². The van der Waals surface area contributed by atoms with Crippen LogP contribution in [-0.4, -0.2) is 52.8 Å². The van der Waals surface area contributed by atoms with Gasteiger partial charge in [0.2, 0.25) is 11.8 Å². The van der Waals surface area contributed by atoms with Gasteiger partial charge in [-0.2, -0.15) is 0 Å². The average Bonchev–Trinajstić information content (AvgIpc) is 3.30. The zero-order chi connectivity index (χ0) is 26.8. The molecule has 0 atom stereocenters. The summed E-state index contributed by atoms with van der Waals surface area (Å²) in [6, 6.07) is 14.4. The van der Waals surface area contributed by atoms with E-state index in [-0.39, 0.29) is 23.1 Å². The number of ether oxygens (including phenoxy) is 2. The highest BCUT2D eigenvalue weighted by Gasteiger charge is 2.26. The lowest BCUT2D eigenvalue weighted by atomic mass is 10.1. The SMILES string of the molecule is COc1cc(NC(=O)CSc2nc3sc4c(c3c(=O)n2-c2ccccc2)CCN(C(C)=O)C4)cc(OC)c1. The minimum Gasteiger partial charge on any atom is -0.497 e. The van der Waals surface area contributed by atoms with Gasteiger partial charge in [0.1, 0.15) is 16.3 Å². The van der Waals surface area contributed by atoms with Gasteiger partial charge in [-0.1, -0.05) is 30.0 Å². The van der Waals surface area contributed by atoms with E-state index in [1.54, 1.807) is 48.8 Å². The summed E-state index contributed by atoms with van der Waals surface area (Å²) < 4.78 is 12.1. The first-order chi connectivity index (χ1) is 18.4. The number of methoxy groups -OCH3 is 2. The fourth-order valence-electron chi connectivity index (χ4n) is 4.40. The van der Waals surface area contributed by atoms with Gasteiger partial charge >= 0.3 is 0 Å². The minimum atomic E-state index is -0.262. The number of anilines is 1. The molecule has 0 spiro atoms. The molecule has 1 N–H and O–H groups in total. The highest BCUT2D eigenvalue weighted by Crippen LogP contribution is 2.34. The Labute approximate surface area is 227 Å². The number of carbonyl (C=O) groups is 2. The van der Waals surface area contributed by atoms with Crippen LogP contribution in [0.15, 0.2) is 58.5 Å². The van der Waals surface area contributed by atoms with E-state index in [1.165, 1.54) is 23.1 Å². The molecule has 38 heavy (non-hydrogen) atoms. The second-order valence-corrected chi connectivity index (χ2v) is 10.7. The Morgan fingerprint density at radius 1 is 1.11 bits per heavy atom. The molecule has 1 aliphatic heterocycles. The molecule has 0 aliphatic carbocycles. The summed E-state index contributed by atoms with van der Waals surface area (Å²) in [5.41, 5.74) is 2.01. The maximum atomic E-state index is 13.9. The summed E-state index contributed by atoms with van der Waals surface area (Å²) in [6.07, 6.45) is 0.611. The van der Waals surface area contributed by atoms with E-state index < -0.39 is 0 Å². The molecular weight excluding hydrogens is 524 g/mol. The maximum absolute atomic E-state index is 13.9. The number of carbonyl (C=O) groups excluding carboxylic acids is 2. The van der Waals surface area contributed by atoms with E-state index in [0.717, 1.165) is 10.4 Å². The number of fused-ring (bicyclic) bond motifs is 3. The molecule has 196 valence electrons. The summed E-state index contributed by atoms with van der Waals surface area (Å²) in [5.74, 6) is 0.901. The van der Waals surface area contributed by atoms with Crippen molar-refractivity contribution in [2.75, 3.05) is 31.8 Å². The Balaban J connectivity index is 1.48. The van der Waals surface area contributed by atoms with Crippen molar-refractivity contribution < 1.29 is 19.1 Å².